The summed E-state index contributed by atoms with van der Waals surface area (Å²) < 4.78 is 27.7. The van der Waals surface area contributed by atoms with Gasteiger partial charge in [0.1, 0.15) is 5.75 Å². The first kappa shape index (κ1) is 22.9. The number of carbonyl (C=O) groups excluding carboxylic acids is 1. The van der Waals surface area contributed by atoms with Crippen molar-refractivity contribution in [2.75, 3.05) is 31.6 Å². The van der Waals surface area contributed by atoms with E-state index < -0.39 is 10.0 Å². The molecule has 0 fully saturated rings. The van der Waals surface area contributed by atoms with E-state index in [1.807, 2.05) is 0 Å². The molecule has 1 aliphatic heterocycles. The number of hydrogen-bond donors (Lipinski definition) is 4. The average Bonchev–Trinajstić information content (AvgIpc) is 3.00. The molecule has 0 radical (unpaired) electrons. The topological polar surface area (TPSA) is 127 Å². The Balaban J connectivity index is 2.07. The number of sulfonamides is 1. The molecule has 0 aromatic heterocycles. The first-order chi connectivity index (χ1) is 14.2. The summed E-state index contributed by atoms with van der Waals surface area (Å²) in [5.74, 6) is -0.364. The van der Waals surface area contributed by atoms with Gasteiger partial charge in [-0.3, -0.25) is 4.79 Å². The molecule has 1 heterocycles. The fourth-order valence-electron chi connectivity index (χ4n) is 3.03. The van der Waals surface area contributed by atoms with Gasteiger partial charge in [0, 0.05) is 29.9 Å². The van der Waals surface area contributed by atoms with Crippen LogP contribution in [0.3, 0.4) is 0 Å². The van der Waals surface area contributed by atoms with E-state index in [1.54, 1.807) is 18.2 Å². The molecule has 3 rings (SSSR count). The lowest BCUT2D eigenvalue weighted by molar-refractivity contribution is -0.110. The molecular weight excluding hydrogens is 544 g/mol. The molecule has 1 amide bonds. The summed E-state index contributed by atoms with van der Waals surface area (Å²) in [7, 11) is -3.98. The minimum Gasteiger partial charge on any atom is -0.506 e. The Morgan fingerprint density at radius 1 is 1.03 bits per heavy atom. The standard InChI is InChI=1S/C19H18Br2N2O6S/c20-15-8-11(9-16(21)18(15)26)7-14-13-10-12(1-2-17(13)22-19(14)27)30(28,29)23(3-5-24)4-6-25/h1-2,7-10,24-26H,3-6H2,(H,22,27)/b14-7+. The molecule has 160 valence electrons. The van der Waals surface area contributed by atoms with Crippen LogP contribution in [0.5, 0.6) is 5.75 Å². The second-order valence-electron chi connectivity index (χ2n) is 6.40. The minimum atomic E-state index is -3.98. The zero-order valence-corrected chi connectivity index (χ0v) is 19.5. The monoisotopic (exact) mass is 560 g/mol. The normalized spacial score (nSPS) is 15.0. The molecule has 0 unspecified atom stereocenters. The van der Waals surface area contributed by atoms with Gasteiger partial charge in [-0.05, 0) is 73.8 Å². The Morgan fingerprint density at radius 2 is 1.63 bits per heavy atom. The van der Waals surface area contributed by atoms with Crippen molar-refractivity contribution in [3.05, 3.63) is 50.4 Å². The highest BCUT2D eigenvalue weighted by Crippen LogP contribution is 2.38. The van der Waals surface area contributed by atoms with Crippen molar-refractivity contribution in [3.8, 4) is 5.75 Å². The third kappa shape index (κ3) is 4.46. The fourth-order valence-corrected chi connectivity index (χ4v) is 5.70. The summed E-state index contributed by atoms with van der Waals surface area (Å²) in [6.45, 7) is -1.09. The third-order valence-corrected chi connectivity index (χ3v) is 7.56. The van der Waals surface area contributed by atoms with E-state index in [1.165, 1.54) is 18.2 Å². The van der Waals surface area contributed by atoms with Gasteiger partial charge in [0.05, 0.1) is 27.1 Å². The highest BCUT2D eigenvalue weighted by atomic mass is 79.9. The number of nitrogens with zero attached hydrogens (tertiary/aromatic N) is 1. The van der Waals surface area contributed by atoms with Crippen molar-refractivity contribution in [3.63, 3.8) is 0 Å². The molecule has 0 saturated heterocycles. The third-order valence-electron chi connectivity index (χ3n) is 4.46. The molecule has 0 spiro atoms. The van der Waals surface area contributed by atoms with Gasteiger partial charge in [-0.1, -0.05) is 0 Å². The number of fused-ring (bicyclic) bond motifs is 1. The van der Waals surface area contributed by atoms with Crippen molar-refractivity contribution in [1.29, 1.82) is 0 Å². The molecule has 2 aromatic carbocycles. The van der Waals surface area contributed by atoms with Gasteiger partial charge < -0.3 is 20.6 Å². The first-order valence-corrected chi connectivity index (χ1v) is 11.8. The predicted octanol–water partition coefficient (Wildman–Crippen LogP) is 2.39. The van der Waals surface area contributed by atoms with Crippen molar-refractivity contribution in [1.82, 2.24) is 4.31 Å². The fraction of sp³-hybridized carbons (Fsp3) is 0.211. The van der Waals surface area contributed by atoms with Crippen molar-refractivity contribution in [2.24, 2.45) is 0 Å². The molecule has 0 saturated carbocycles. The van der Waals surface area contributed by atoms with Crippen LogP contribution in [-0.4, -0.2) is 60.3 Å². The number of rotatable bonds is 7. The highest BCUT2D eigenvalue weighted by Gasteiger charge is 2.29. The lowest BCUT2D eigenvalue weighted by Gasteiger charge is -2.20. The molecule has 0 bridgehead atoms. The van der Waals surface area contributed by atoms with Crippen molar-refractivity contribution in [2.45, 2.75) is 4.90 Å². The number of phenols is 1. The Bertz CT molecular complexity index is 1100. The summed E-state index contributed by atoms with van der Waals surface area (Å²) in [4.78, 5) is 12.4. The van der Waals surface area contributed by atoms with Crippen LogP contribution in [0, 0.1) is 0 Å². The second kappa shape index (κ2) is 9.16. The lowest BCUT2D eigenvalue weighted by Crippen LogP contribution is -2.35. The van der Waals surface area contributed by atoms with Crippen LogP contribution in [0.4, 0.5) is 5.69 Å². The van der Waals surface area contributed by atoms with Crippen LogP contribution in [0.25, 0.3) is 11.6 Å². The molecule has 0 atom stereocenters. The van der Waals surface area contributed by atoms with E-state index in [0.29, 0.717) is 25.8 Å². The number of halogens is 2. The molecule has 30 heavy (non-hydrogen) atoms. The van der Waals surface area contributed by atoms with Gasteiger partial charge in [-0.25, -0.2) is 8.42 Å². The number of carbonyl (C=O) groups is 1. The van der Waals surface area contributed by atoms with Gasteiger partial charge in [0.25, 0.3) is 5.91 Å². The quantitative estimate of drug-likeness (QED) is 0.384. The lowest BCUT2D eigenvalue weighted by atomic mass is 10.0. The van der Waals surface area contributed by atoms with E-state index in [0.717, 1.165) is 4.31 Å². The summed E-state index contributed by atoms with van der Waals surface area (Å²) in [6, 6.07) is 7.51. The zero-order valence-electron chi connectivity index (χ0n) is 15.5. The van der Waals surface area contributed by atoms with Gasteiger partial charge in [-0.2, -0.15) is 4.31 Å². The SMILES string of the molecule is O=C1Nc2ccc(S(=O)(=O)N(CCO)CCO)cc2/C1=C\c1cc(Br)c(O)c(Br)c1. The number of amides is 1. The molecule has 2 aromatic rings. The van der Waals surface area contributed by atoms with Crippen LogP contribution in [0.15, 0.2) is 44.2 Å². The van der Waals surface area contributed by atoms with Gasteiger partial charge in [0.2, 0.25) is 10.0 Å². The van der Waals surface area contributed by atoms with E-state index in [-0.39, 0.29) is 48.4 Å². The number of aliphatic hydroxyl groups excluding tert-OH is 2. The summed E-state index contributed by atoms with van der Waals surface area (Å²) in [6.07, 6.45) is 1.59. The summed E-state index contributed by atoms with van der Waals surface area (Å²) >= 11 is 6.48. The van der Waals surface area contributed by atoms with Crippen LogP contribution in [-0.2, 0) is 14.8 Å². The molecular formula is C19H18Br2N2O6S. The maximum absolute atomic E-state index is 12.9. The van der Waals surface area contributed by atoms with Crippen LogP contribution < -0.4 is 5.32 Å². The Hall–Kier alpha value is -1.76. The van der Waals surface area contributed by atoms with Crippen LogP contribution in [0.1, 0.15) is 11.1 Å². The first-order valence-electron chi connectivity index (χ1n) is 8.76. The van der Waals surface area contributed by atoms with Crippen LogP contribution >= 0.6 is 31.9 Å². The van der Waals surface area contributed by atoms with Crippen molar-refractivity contribution < 1.29 is 28.5 Å². The maximum atomic E-state index is 12.9. The number of hydrogen-bond acceptors (Lipinski definition) is 6. The number of benzene rings is 2. The summed E-state index contributed by atoms with van der Waals surface area (Å²) in [5.41, 5.74) is 1.76. The largest absolute Gasteiger partial charge is 0.506 e. The number of anilines is 1. The van der Waals surface area contributed by atoms with Gasteiger partial charge >= 0.3 is 0 Å². The molecule has 4 N–H and O–H groups in total. The maximum Gasteiger partial charge on any atom is 0.256 e. The van der Waals surface area contributed by atoms with Crippen LogP contribution in [0.2, 0.25) is 0 Å². The molecule has 8 nitrogen and oxygen atoms in total. The minimum absolute atomic E-state index is 0.0228. The number of aliphatic hydroxyl groups is 2. The average molecular weight is 562 g/mol. The molecule has 11 heteroatoms. The Kier molecular flexibility index (Phi) is 7.00. The molecule has 0 aliphatic carbocycles. The summed E-state index contributed by atoms with van der Waals surface area (Å²) in [5, 5.41) is 30.9. The van der Waals surface area contributed by atoms with Gasteiger partial charge in [0.15, 0.2) is 0 Å². The highest BCUT2D eigenvalue weighted by molar-refractivity contribution is 9.11. The van der Waals surface area contributed by atoms with E-state index in [9.17, 15) is 18.3 Å². The number of aromatic hydroxyl groups is 1. The number of phenolic OH excluding ortho intramolecular Hbond substituents is 1. The molecule has 1 aliphatic rings. The zero-order chi connectivity index (χ0) is 22.1. The Morgan fingerprint density at radius 3 is 2.20 bits per heavy atom. The second-order valence-corrected chi connectivity index (χ2v) is 10.1. The predicted molar refractivity (Wildman–Crippen MR) is 119 cm³/mol. The smallest absolute Gasteiger partial charge is 0.256 e. The van der Waals surface area contributed by atoms with E-state index in [4.69, 9.17) is 10.2 Å². The Labute approximate surface area is 190 Å². The van der Waals surface area contributed by atoms with E-state index >= 15 is 0 Å². The van der Waals surface area contributed by atoms with E-state index in [2.05, 4.69) is 37.2 Å². The number of nitrogens with one attached hydrogen (secondary N) is 1. The van der Waals surface area contributed by atoms with Gasteiger partial charge in [-0.15, -0.1) is 0 Å². The van der Waals surface area contributed by atoms with Crippen molar-refractivity contribution >= 4 is 65.1 Å².